The van der Waals surface area contributed by atoms with Crippen molar-refractivity contribution in [3.63, 3.8) is 0 Å². The first-order valence-corrected chi connectivity index (χ1v) is 10.1. The number of hydrogen-bond acceptors (Lipinski definition) is 6. The van der Waals surface area contributed by atoms with E-state index in [-0.39, 0.29) is 24.0 Å². The molecule has 0 atom stereocenters. The highest BCUT2D eigenvalue weighted by molar-refractivity contribution is 14.0. The third-order valence-electron chi connectivity index (χ3n) is 4.74. The van der Waals surface area contributed by atoms with Crippen LogP contribution in [0.3, 0.4) is 0 Å². The highest BCUT2D eigenvalue weighted by Crippen LogP contribution is 2.16. The predicted molar refractivity (Wildman–Crippen MR) is 128 cm³/mol. The van der Waals surface area contributed by atoms with E-state index in [9.17, 15) is 0 Å². The van der Waals surface area contributed by atoms with Crippen molar-refractivity contribution in [2.75, 3.05) is 45.2 Å². The Bertz CT molecular complexity index is 767. The number of halogens is 1. The number of aliphatic imine (C=N–C) groups is 1. The molecule has 2 aromatic rings. The number of likely N-dealkylation sites (N-methyl/N-ethyl adjacent to an activating group) is 1. The van der Waals surface area contributed by atoms with Crippen LogP contribution in [0.15, 0.2) is 23.3 Å². The van der Waals surface area contributed by atoms with E-state index in [1.54, 1.807) is 18.4 Å². The standard InChI is InChI=1S/C19H29N7S.HI/c1-14-17(27-15(2)24-14)13-23-19(20-3)22-12-16-5-6-18(21-11-16)26-9-7-25(4)8-10-26;/h5-6,11H,7-10,12-13H2,1-4H3,(H2,20,22,23);1H. The van der Waals surface area contributed by atoms with Gasteiger partial charge in [0.1, 0.15) is 5.82 Å². The Hall–Kier alpha value is -1.46. The molecule has 0 bridgehead atoms. The summed E-state index contributed by atoms with van der Waals surface area (Å²) in [4.78, 5) is 19.3. The van der Waals surface area contributed by atoms with Gasteiger partial charge in [0.25, 0.3) is 0 Å². The molecule has 3 heterocycles. The summed E-state index contributed by atoms with van der Waals surface area (Å²) in [6.45, 7) is 9.76. The first-order valence-electron chi connectivity index (χ1n) is 9.31. The zero-order valence-corrected chi connectivity index (χ0v) is 20.2. The van der Waals surface area contributed by atoms with Crippen LogP contribution < -0.4 is 15.5 Å². The fourth-order valence-corrected chi connectivity index (χ4v) is 3.93. The molecule has 0 saturated carbocycles. The van der Waals surface area contributed by atoms with Crippen molar-refractivity contribution >= 4 is 47.1 Å². The lowest BCUT2D eigenvalue weighted by Gasteiger charge is -2.33. The molecule has 0 spiro atoms. The summed E-state index contributed by atoms with van der Waals surface area (Å²) in [5.74, 6) is 1.84. The van der Waals surface area contributed by atoms with Crippen LogP contribution in [0.1, 0.15) is 21.1 Å². The fraction of sp³-hybridized carbons (Fsp3) is 0.526. The van der Waals surface area contributed by atoms with Crippen LogP contribution in [-0.2, 0) is 13.1 Å². The number of pyridine rings is 1. The lowest BCUT2D eigenvalue weighted by atomic mass is 10.2. The Morgan fingerprint density at radius 2 is 1.86 bits per heavy atom. The first-order chi connectivity index (χ1) is 13.0. The average Bonchev–Trinajstić information content (AvgIpc) is 3.00. The van der Waals surface area contributed by atoms with Crippen molar-refractivity contribution in [1.82, 2.24) is 25.5 Å². The maximum Gasteiger partial charge on any atom is 0.191 e. The van der Waals surface area contributed by atoms with Gasteiger partial charge in [0.2, 0.25) is 0 Å². The molecule has 7 nitrogen and oxygen atoms in total. The van der Waals surface area contributed by atoms with Gasteiger partial charge in [-0.15, -0.1) is 35.3 Å². The molecule has 0 amide bonds. The lowest BCUT2D eigenvalue weighted by Crippen LogP contribution is -2.44. The molecule has 3 rings (SSSR count). The fourth-order valence-electron chi connectivity index (χ4n) is 3.05. The molecule has 1 aliphatic heterocycles. The summed E-state index contributed by atoms with van der Waals surface area (Å²) in [6, 6.07) is 4.25. The Balaban J connectivity index is 0.00000280. The molecule has 2 aromatic heterocycles. The van der Waals surface area contributed by atoms with Crippen LogP contribution >= 0.6 is 35.3 Å². The smallest absolute Gasteiger partial charge is 0.191 e. The maximum absolute atomic E-state index is 4.64. The average molecular weight is 515 g/mol. The van der Waals surface area contributed by atoms with E-state index in [1.807, 2.05) is 20.0 Å². The largest absolute Gasteiger partial charge is 0.354 e. The van der Waals surface area contributed by atoms with Gasteiger partial charge in [-0.2, -0.15) is 0 Å². The number of piperazine rings is 1. The molecule has 1 saturated heterocycles. The molecule has 2 N–H and O–H groups in total. The number of nitrogens with zero attached hydrogens (tertiary/aromatic N) is 5. The summed E-state index contributed by atoms with van der Waals surface area (Å²) < 4.78 is 0. The Morgan fingerprint density at radius 3 is 2.43 bits per heavy atom. The van der Waals surface area contributed by atoms with E-state index in [0.717, 1.165) is 60.8 Å². The number of thiazole rings is 1. The van der Waals surface area contributed by atoms with Crippen LogP contribution in [0.2, 0.25) is 0 Å². The van der Waals surface area contributed by atoms with E-state index in [4.69, 9.17) is 0 Å². The van der Waals surface area contributed by atoms with Crippen molar-refractivity contribution in [2.45, 2.75) is 26.9 Å². The zero-order valence-electron chi connectivity index (χ0n) is 17.0. The zero-order chi connectivity index (χ0) is 19.2. The van der Waals surface area contributed by atoms with Gasteiger partial charge in [-0.25, -0.2) is 9.97 Å². The Kier molecular flexibility index (Phi) is 8.90. The van der Waals surface area contributed by atoms with Crippen LogP contribution in [0.5, 0.6) is 0 Å². The van der Waals surface area contributed by atoms with Gasteiger partial charge in [0.15, 0.2) is 5.96 Å². The maximum atomic E-state index is 4.64. The van der Waals surface area contributed by atoms with E-state index in [1.165, 1.54) is 4.88 Å². The van der Waals surface area contributed by atoms with E-state index >= 15 is 0 Å². The normalized spacial score (nSPS) is 15.3. The molecule has 0 aromatic carbocycles. The van der Waals surface area contributed by atoms with Crippen LogP contribution in [-0.4, -0.2) is 61.1 Å². The summed E-state index contributed by atoms with van der Waals surface area (Å²) in [6.07, 6.45) is 1.95. The van der Waals surface area contributed by atoms with Crippen molar-refractivity contribution in [3.8, 4) is 0 Å². The number of aromatic nitrogens is 2. The van der Waals surface area contributed by atoms with Gasteiger partial charge in [0.05, 0.1) is 17.2 Å². The SMILES string of the molecule is CN=C(NCc1ccc(N2CCN(C)CC2)nc1)NCc1sc(C)nc1C.I. The topological polar surface area (TPSA) is 68.7 Å². The summed E-state index contributed by atoms with van der Waals surface area (Å²) in [5, 5.41) is 7.80. The Morgan fingerprint density at radius 1 is 1.14 bits per heavy atom. The number of aryl methyl sites for hydroxylation is 2. The summed E-state index contributed by atoms with van der Waals surface area (Å²) in [7, 11) is 3.95. The molecule has 9 heteroatoms. The molecule has 0 unspecified atom stereocenters. The van der Waals surface area contributed by atoms with Crippen LogP contribution in [0.4, 0.5) is 5.82 Å². The van der Waals surface area contributed by atoms with Crippen LogP contribution in [0.25, 0.3) is 0 Å². The molecular weight excluding hydrogens is 485 g/mol. The molecule has 1 fully saturated rings. The molecule has 1 aliphatic rings. The third-order valence-corrected chi connectivity index (χ3v) is 5.81. The minimum absolute atomic E-state index is 0. The summed E-state index contributed by atoms with van der Waals surface area (Å²) >= 11 is 1.72. The van der Waals surface area contributed by atoms with Gasteiger partial charge < -0.3 is 20.4 Å². The van der Waals surface area contributed by atoms with Crippen molar-refractivity contribution < 1.29 is 0 Å². The van der Waals surface area contributed by atoms with Gasteiger partial charge in [-0.3, -0.25) is 4.99 Å². The number of guanidine groups is 1. The molecule has 28 heavy (non-hydrogen) atoms. The number of anilines is 1. The Labute approximate surface area is 188 Å². The number of hydrogen-bond donors (Lipinski definition) is 2. The van der Waals surface area contributed by atoms with Crippen molar-refractivity contribution in [1.29, 1.82) is 0 Å². The second-order valence-corrected chi connectivity index (χ2v) is 8.12. The monoisotopic (exact) mass is 515 g/mol. The molecule has 154 valence electrons. The van der Waals surface area contributed by atoms with E-state index in [0.29, 0.717) is 6.54 Å². The summed E-state index contributed by atoms with van der Waals surface area (Å²) in [5.41, 5.74) is 2.23. The van der Waals surface area contributed by atoms with Gasteiger partial charge in [-0.1, -0.05) is 6.07 Å². The second kappa shape index (κ2) is 10.9. The number of rotatable bonds is 5. The lowest BCUT2D eigenvalue weighted by molar-refractivity contribution is 0.312. The van der Waals surface area contributed by atoms with Crippen LogP contribution in [0, 0.1) is 13.8 Å². The van der Waals surface area contributed by atoms with Crippen molar-refractivity contribution in [2.24, 2.45) is 4.99 Å². The first kappa shape index (κ1) is 22.8. The highest BCUT2D eigenvalue weighted by Gasteiger charge is 2.15. The van der Waals surface area contributed by atoms with Gasteiger partial charge in [-0.05, 0) is 32.5 Å². The van der Waals surface area contributed by atoms with Gasteiger partial charge in [0, 0.05) is 50.8 Å². The van der Waals surface area contributed by atoms with Crippen molar-refractivity contribution in [3.05, 3.63) is 39.5 Å². The molecule has 0 aliphatic carbocycles. The number of nitrogens with one attached hydrogen (secondary N) is 2. The second-order valence-electron chi connectivity index (χ2n) is 6.84. The predicted octanol–water partition coefficient (Wildman–Crippen LogP) is 2.39. The minimum atomic E-state index is 0. The van der Waals surface area contributed by atoms with E-state index in [2.05, 4.69) is 54.6 Å². The molecular formula is C19H30IN7S. The minimum Gasteiger partial charge on any atom is -0.354 e. The quantitative estimate of drug-likeness (QED) is 0.362. The van der Waals surface area contributed by atoms with E-state index < -0.39 is 0 Å². The molecule has 0 radical (unpaired) electrons. The third kappa shape index (κ3) is 6.28. The van der Waals surface area contributed by atoms with Gasteiger partial charge >= 0.3 is 0 Å². The highest BCUT2D eigenvalue weighted by atomic mass is 127.